The molecule has 0 fully saturated rings. The van der Waals surface area contributed by atoms with Crippen LogP contribution in [0, 0.1) is 0 Å². The zero-order chi connectivity index (χ0) is 32.0. The van der Waals surface area contributed by atoms with Gasteiger partial charge in [0.2, 0.25) is 0 Å². The largest absolute Gasteiger partial charge is 0.306 e. The molecule has 0 bridgehead atoms. The molecule has 9 aromatic rings. The summed E-state index contributed by atoms with van der Waals surface area (Å²) >= 11 is 0. The molecule has 1 aliphatic carbocycles. The summed E-state index contributed by atoms with van der Waals surface area (Å²) in [7, 11) is 0. The van der Waals surface area contributed by atoms with Crippen molar-refractivity contribution in [2.45, 2.75) is 19.3 Å². The first-order valence-electron chi connectivity index (χ1n) is 16.6. The monoisotopic (exact) mass is 613 g/mol. The molecule has 2 aromatic heterocycles. The highest BCUT2D eigenvalue weighted by atomic mass is 15.0. The minimum absolute atomic E-state index is 0.185. The molecule has 0 aliphatic heterocycles. The van der Waals surface area contributed by atoms with Gasteiger partial charge in [-0.1, -0.05) is 135 Å². The zero-order valence-corrected chi connectivity index (χ0v) is 26.8. The molecule has 7 aromatic carbocycles. The van der Waals surface area contributed by atoms with Crippen LogP contribution in [-0.2, 0) is 5.41 Å². The van der Waals surface area contributed by atoms with Gasteiger partial charge in [-0.25, -0.2) is 9.97 Å². The number of benzene rings is 7. The highest BCUT2D eigenvalue weighted by molar-refractivity contribution is 6.13. The third kappa shape index (κ3) is 3.82. The summed E-state index contributed by atoms with van der Waals surface area (Å²) in [5.41, 5.74) is 12.8. The Hall–Kier alpha value is -6.06. The van der Waals surface area contributed by atoms with Crippen LogP contribution in [0.15, 0.2) is 152 Å². The van der Waals surface area contributed by atoms with E-state index in [9.17, 15) is 0 Å². The Kier molecular flexibility index (Phi) is 5.63. The molecule has 0 amide bonds. The molecule has 48 heavy (non-hydrogen) atoms. The summed E-state index contributed by atoms with van der Waals surface area (Å²) in [5, 5.41) is 6.04. The molecule has 3 nitrogen and oxygen atoms in total. The smallest absolute Gasteiger partial charge is 0.160 e. The third-order valence-electron chi connectivity index (χ3n) is 10.4. The fourth-order valence-electron chi connectivity index (χ4n) is 8.14. The van der Waals surface area contributed by atoms with Gasteiger partial charge in [-0.15, -0.1) is 0 Å². The second-order valence-corrected chi connectivity index (χ2v) is 13.5. The Morgan fingerprint density at radius 1 is 0.542 bits per heavy atom. The molecule has 0 saturated carbocycles. The number of nitrogens with zero attached hydrogens (tertiary/aromatic N) is 3. The topological polar surface area (TPSA) is 30.7 Å². The first-order valence-corrected chi connectivity index (χ1v) is 16.6. The number of rotatable bonds is 3. The van der Waals surface area contributed by atoms with Gasteiger partial charge >= 0.3 is 0 Å². The maximum atomic E-state index is 5.44. The standard InChI is InChI=1S/C45H31N3/c1-45(2)38-17-8-7-15-35(38)36-24-25-39-41(42(36)45)43-40(27-46-44(47-43)37-16-9-13-30-11-5-6-14-34(30)37)48(39)33-22-20-29(21-23-33)32-19-18-28-10-3-4-12-31(28)26-32/h3-27H,1-2H3. The molecule has 10 rings (SSSR count). The average Bonchev–Trinajstić information content (AvgIpc) is 3.59. The van der Waals surface area contributed by atoms with E-state index >= 15 is 0 Å². The van der Waals surface area contributed by atoms with Crippen molar-refractivity contribution in [2.24, 2.45) is 0 Å². The summed E-state index contributed by atoms with van der Waals surface area (Å²) in [6.45, 7) is 4.71. The molecule has 1 aliphatic rings. The van der Waals surface area contributed by atoms with Crippen LogP contribution in [0.25, 0.3) is 82.8 Å². The summed E-state index contributed by atoms with van der Waals surface area (Å²) in [6, 6.07) is 52.4. The van der Waals surface area contributed by atoms with E-state index in [1.807, 2.05) is 6.20 Å². The van der Waals surface area contributed by atoms with Crippen LogP contribution in [0.1, 0.15) is 25.0 Å². The van der Waals surface area contributed by atoms with Gasteiger partial charge in [0.1, 0.15) is 5.52 Å². The third-order valence-corrected chi connectivity index (χ3v) is 10.4. The summed E-state index contributed by atoms with van der Waals surface area (Å²) < 4.78 is 2.35. The molecule has 3 heteroatoms. The molecule has 0 unspecified atom stereocenters. The first-order chi connectivity index (χ1) is 23.6. The maximum Gasteiger partial charge on any atom is 0.160 e. The predicted octanol–water partition coefficient (Wildman–Crippen LogP) is 11.5. The second-order valence-electron chi connectivity index (χ2n) is 13.5. The van der Waals surface area contributed by atoms with Gasteiger partial charge in [0.25, 0.3) is 0 Å². The molecular formula is C45H31N3. The average molecular weight is 614 g/mol. The first kappa shape index (κ1) is 27.1. The molecule has 226 valence electrons. The highest BCUT2D eigenvalue weighted by Gasteiger charge is 2.38. The summed E-state index contributed by atoms with van der Waals surface area (Å²) in [6.07, 6.45) is 2.03. The Balaban J connectivity index is 1.22. The van der Waals surface area contributed by atoms with Crippen LogP contribution in [0.5, 0.6) is 0 Å². The van der Waals surface area contributed by atoms with Crippen LogP contribution in [-0.4, -0.2) is 14.5 Å². The summed E-state index contributed by atoms with van der Waals surface area (Å²) in [5.74, 6) is 0.746. The fourth-order valence-corrected chi connectivity index (χ4v) is 8.14. The van der Waals surface area contributed by atoms with E-state index in [0.717, 1.165) is 39.0 Å². The number of hydrogen-bond donors (Lipinski definition) is 0. The predicted molar refractivity (Wildman–Crippen MR) is 200 cm³/mol. The highest BCUT2D eigenvalue weighted by Crippen LogP contribution is 2.53. The Labute approximate surface area is 278 Å². The lowest BCUT2D eigenvalue weighted by molar-refractivity contribution is 0.666. The molecule has 0 saturated heterocycles. The molecule has 0 atom stereocenters. The van der Waals surface area contributed by atoms with E-state index in [0.29, 0.717) is 0 Å². The van der Waals surface area contributed by atoms with Crippen molar-refractivity contribution >= 4 is 43.5 Å². The van der Waals surface area contributed by atoms with Gasteiger partial charge in [0.05, 0.1) is 17.2 Å². The van der Waals surface area contributed by atoms with Gasteiger partial charge in [-0.2, -0.15) is 0 Å². The maximum absolute atomic E-state index is 5.44. The van der Waals surface area contributed by atoms with Gasteiger partial charge < -0.3 is 4.57 Å². The minimum Gasteiger partial charge on any atom is -0.306 e. The molecule has 2 heterocycles. The number of aromatic nitrogens is 3. The van der Waals surface area contributed by atoms with Gasteiger partial charge in [0, 0.05) is 22.1 Å². The van der Waals surface area contributed by atoms with E-state index in [4.69, 9.17) is 9.97 Å². The number of hydrogen-bond acceptors (Lipinski definition) is 2. The normalized spacial score (nSPS) is 13.4. The Morgan fingerprint density at radius 3 is 2.12 bits per heavy atom. The lowest BCUT2D eigenvalue weighted by Gasteiger charge is -2.22. The molecule has 0 spiro atoms. The van der Waals surface area contributed by atoms with Gasteiger partial charge in [-0.3, -0.25) is 0 Å². The van der Waals surface area contributed by atoms with Gasteiger partial charge in [-0.05, 0) is 79.2 Å². The van der Waals surface area contributed by atoms with Crippen LogP contribution in [0.3, 0.4) is 0 Å². The van der Waals surface area contributed by atoms with E-state index < -0.39 is 0 Å². The summed E-state index contributed by atoms with van der Waals surface area (Å²) in [4.78, 5) is 10.5. The fraction of sp³-hybridized carbons (Fsp3) is 0.0667. The second kappa shape index (κ2) is 9.97. The van der Waals surface area contributed by atoms with Crippen molar-refractivity contribution in [1.82, 2.24) is 14.5 Å². The quantitative estimate of drug-likeness (QED) is 0.198. The van der Waals surface area contributed by atoms with Crippen molar-refractivity contribution in [3.05, 3.63) is 163 Å². The molecular weight excluding hydrogens is 583 g/mol. The Bertz CT molecular complexity index is 2740. The van der Waals surface area contributed by atoms with Crippen LogP contribution >= 0.6 is 0 Å². The van der Waals surface area contributed by atoms with Gasteiger partial charge in [0.15, 0.2) is 5.82 Å². The molecule has 0 N–H and O–H groups in total. The van der Waals surface area contributed by atoms with Crippen molar-refractivity contribution < 1.29 is 0 Å². The lowest BCUT2D eigenvalue weighted by atomic mass is 9.81. The van der Waals surface area contributed by atoms with Crippen molar-refractivity contribution in [1.29, 1.82) is 0 Å². The van der Waals surface area contributed by atoms with E-state index in [2.05, 4.69) is 164 Å². The van der Waals surface area contributed by atoms with Crippen LogP contribution in [0.4, 0.5) is 0 Å². The Morgan fingerprint density at radius 2 is 1.25 bits per heavy atom. The lowest BCUT2D eigenvalue weighted by Crippen LogP contribution is -2.15. The number of fused-ring (bicyclic) bond motifs is 9. The van der Waals surface area contributed by atoms with Crippen LogP contribution < -0.4 is 0 Å². The van der Waals surface area contributed by atoms with Crippen molar-refractivity contribution in [2.75, 3.05) is 0 Å². The molecule has 0 radical (unpaired) electrons. The van der Waals surface area contributed by atoms with Crippen LogP contribution in [0.2, 0.25) is 0 Å². The minimum atomic E-state index is -0.185. The zero-order valence-electron chi connectivity index (χ0n) is 26.8. The van der Waals surface area contributed by atoms with Crippen molar-refractivity contribution in [3.8, 4) is 39.3 Å². The SMILES string of the molecule is CC1(C)c2ccccc2-c2ccc3c(c21)c1nc(-c2cccc4ccccc24)ncc1n3-c1ccc(-c2ccc3ccccc3c2)cc1. The van der Waals surface area contributed by atoms with E-state index in [-0.39, 0.29) is 5.41 Å². The van der Waals surface area contributed by atoms with E-state index in [1.54, 1.807) is 0 Å². The van der Waals surface area contributed by atoms with Crippen molar-refractivity contribution in [3.63, 3.8) is 0 Å². The van der Waals surface area contributed by atoms with E-state index in [1.165, 1.54) is 54.9 Å².